The van der Waals surface area contributed by atoms with E-state index < -0.39 is 6.10 Å². The molecule has 6 nitrogen and oxygen atoms in total. The zero-order valence-electron chi connectivity index (χ0n) is 12.1. The molecule has 1 aromatic carbocycles. The first kappa shape index (κ1) is 15.8. The second-order valence-corrected chi connectivity index (χ2v) is 4.90. The van der Waals surface area contributed by atoms with Crippen LogP contribution in [0.1, 0.15) is 17.5 Å². The Bertz CT molecular complexity index is 489. The summed E-state index contributed by atoms with van der Waals surface area (Å²) >= 11 is 0. The van der Waals surface area contributed by atoms with Crippen LogP contribution in [0.3, 0.4) is 0 Å². The number of aliphatic hydroxyl groups is 1. The van der Waals surface area contributed by atoms with Gasteiger partial charge in [0.2, 0.25) is 0 Å². The van der Waals surface area contributed by atoms with Gasteiger partial charge in [0.25, 0.3) is 0 Å². The molecule has 1 unspecified atom stereocenters. The van der Waals surface area contributed by atoms with E-state index in [0.29, 0.717) is 24.7 Å². The highest BCUT2D eigenvalue weighted by molar-refractivity contribution is 6.04. The quantitative estimate of drug-likeness (QED) is 0.428. The lowest BCUT2D eigenvalue weighted by Crippen LogP contribution is -2.24. The van der Waals surface area contributed by atoms with Gasteiger partial charge in [0, 0.05) is 12.7 Å². The molecule has 0 saturated heterocycles. The van der Waals surface area contributed by atoms with Crippen LogP contribution in [0, 0.1) is 0 Å². The molecule has 0 bridgehead atoms. The molecule has 0 radical (unpaired) electrons. The van der Waals surface area contributed by atoms with Crippen molar-refractivity contribution < 1.29 is 24.5 Å². The first-order chi connectivity index (χ1) is 10.2. The minimum absolute atomic E-state index is 0.173. The maximum atomic E-state index is 9.74. The third kappa shape index (κ3) is 4.42. The Balaban J connectivity index is 1.79. The fraction of sp³-hybridized carbons (Fsp3) is 0.533. The number of ether oxygens (including phenoxy) is 3. The largest absolute Gasteiger partial charge is 0.491 e. The molecule has 1 atom stereocenters. The minimum atomic E-state index is -0.676. The standard InChI is InChI=1S/C15H21NO5/c1-19-6-7-20-9-12(17)10-21-13-3-4-14-11(8-13)2-5-15(14)16-18/h3-4,8,12,17-18H,2,5-7,9-10H2,1H3/b16-15+. The Morgan fingerprint density at radius 2 is 2.10 bits per heavy atom. The van der Waals surface area contributed by atoms with Crippen molar-refractivity contribution in [2.24, 2.45) is 5.16 Å². The van der Waals surface area contributed by atoms with Crippen LogP contribution in [0.2, 0.25) is 0 Å². The number of fused-ring (bicyclic) bond motifs is 1. The monoisotopic (exact) mass is 295 g/mol. The molecule has 116 valence electrons. The molecule has 0 aromatic heterocycles. The maximum Gasteiger partial charge on any atom is 0.119 e. The van der Waals surface area contributed by atoms with Crippen molar-refractivity contribution in [3.8, 4) is 5.75 Å². The maximum absolute atomic E-state index is 9.74. The smallest absolute Gasteiger partial charge is 0.119 e. The van der Waals surface area contributed by atoms with E-state index in [1.807, 2.05) is 18.2 Å². The Morgan fingerprint density at radius 3 is 2.86 bits per heavy atom. The van der Waals surface area contributed by atoms with Crippen LogP contribution in [-0.2, 0) is 15.9 Å². The molecule has 0 aliphatic heterocycles. The van der Waals surface area contributed by atoms with Crippen molar-refractivity contribution in [2.75, 3.05) is 33.5 Å². The molecule has 2 N–H and O–H groups in total. The van der Waals surface area contributed by atoms with Gasteiger partial charge in [-0.3, -0.25) is 0 Å². The van der Waals surface area contributed by atoms with E-state index in [4.69, 9.17) is 19.4 Å². The van der Waals surface area contributed by atoms with E-state index in [2.05, 4.69) is 5.16 Å². The van der Waals surface area contributed by atoms with Crippen molar-refractivity contribution >= 4 is 5.71 Å². The molecule has 1 aromatic rings. The fourth-order valence-corrected chi connectivity index (χ4v) is 2.24. The molecule has 0 saturated carbocycles. The number of nitrogens with zero attached hydrogens (tertiary/aromatic N) is 1. The summed E-state index contributed by atoms with van der Waals surface area (Å²) in [7, 11) is 1.60. The first-order valence-corrected chi connectivity index (χ1v) is 6.96. The number of aryl methyl sites for hydroxylation is 1. The molecule has 1 aliphatic rings. The van der Waals surface area contributed by atoms with E-state index in [1.165, 1.54) is 0 Å². The summed E-state index contributed by atoms with van der Waals surface area (Å²) in [5.74, 6) is 0.698. The Labute approximate surface area is 123 Å². The number of aliphatic hydroxyl groups excluding tert-OH is 1. The summed E-state index contributed by atoms with van der Waals surface area (Å²) in [4.78, 5) is 0. The SMILES string of the molecule is COCCOCC(O)COc1ccc2c(c1)CC/C2=N\O. The second kappa shape index (κ2) is 7.97. The van der Waals surface area contributed by atoms with Crippen LogP contribution in [0.5, 0.6) is 5.75 Å². The topological polar surface area (TPSA) is 80.5 Å². The van der Waals surface area contributed by atoms with Gasteiger partial charge in [-0.2, -0.15) is 0 Å². The Morgan fingerprint density at radius 1 is 1.24 bits per heavy atom. The van der Waals surface area contributed by atoms with E-state index in [1.54, 1.807) is 7.11 Å². The van der Waals surface area contributed by atoms with Gasteiger partial charge in [-0.05, 0) is 36.6 Å². The average molecular weight is 295 g/mol. The molecule has 0 heterocycles. The summed E-state index contributed by atoms with van der Waals surface area (Å²) in [5, 5.41) is 21.9. The summed E-state index contributed by atoms with van der Waals surface area (Å²) in [5.41, 5.74) is 2.78. The van der Waals surface area contributed by atoms with Crippen LogP contribution in [0.15, 0.2) is 23.4 Å². The molecule has 0 spiro atoms. The van der Waals surface area contributed by atoms with Gasteiger partial charge >= 0.3 is 0 Å². The van der Waals surface area contributed by atoms with Crippen LogP contribution >= 0.6 is 0 Å². The van der Waals surface area contributed by atoms with E-state index >= 15 is 0 Å². The third-order valence-corrected chi connectivity index (χ3v) is 3.32. The lowest BCUT2D eigenvalue weighted by atomic mass is 10.1. The highest BCUT2D eigenvalue weighted by Gasteiger charge is 2.18. The minimum Gasteiger partial charge on any atom is -0.491 e. The Kier molecular flexibility index (Phi) is 5.98. The fourth-order valence-electron chi connectivity index (χ4n) is 2.24. The lowest BCUT2D eigenvalue weighted by Gasteiger charge is -2.13. The summed E-state index contributed by atoms with van der Waals surface area (Å²) < 4.78 is 15.6. The van der Waals surface area contributed by atoms with Crippen molar-refractivity contribution in [2.45, 2.75) is 18.9 Å². The molecule has 0 fully saturated rings. The van der Waals surface area contributed by atoms with Gasteiger partial charge in [0.15, 0.2) is 0 Å². The van der Waals surface area contributed by atoms with Gasteiger partial charge in [0.1, 0.15) is 18.5 Å². The zero-order valence-corrected chi connectivity index (χ0v) is 12.1. The third-order valence-electron chi connectivity index (χ3n) is 3.32. The molecule has 1 aliphatic carbocycles. The number of hydrogen-bond acceptors (Lipinski definition) is 6. The van der Waals surface area contributed by atoms with Crippen molar-refractivity contribution in [3.05, 3.63) is 29.3 Å². The molecule has 2 rings (SSSR count). The number of rotatable bonds is 8. The molecule has 0 amide bonds. The number of methoxy groups -OCH3 is 1. The van der Waals surface area contributed by atoms with Gasteiger partial charge in [-0.25, -0.2) is 0 Å². The number of oxime groups is 1. The van der Waals surface area contributed by atoms with Crippen LogP contribution < -0.4 is 4.74 Å². The van der Waals surface area contributed by atoms with E-state index in [9.17, 15) is 5.11 Å². The summed E-state index contributed by atoms with van der Waals surface area (Å²) in [6, 6.07) is 5.62. The number of hydrogen-bond donors (Lipinski definition) is 2. The highest BCUT2D eigenvalue weighted by atomic mass is 16.5. The summed E-state index contributed by atoms with van der Waals surface area (Å²) in [6.45, 7) is 1.35. The predicted octanol–water partition coefficient (Wildman–Crippen LogP) is 1.21. The average Bonchev–Trinajstić information content (AvgIpc) is 2.91. The molecular weight excluding hydrogens is 274 g/mol. The highest BCUT2D eigenvalue weighted by Crippen LogP contribution is 2.26. The van der Waals surface area contributed by atoms with Gasteiger partial charge in [-0.1, -0.05) is 5.16 Å². The van der Waals surface area contributed by atoms with Crippen molar-refractivity contribution in [1.82, 2.24) is 0 Å². The normalized spacial score (nSPS) is 17.0. The summed E-state index contributed by atoms with van der Waals surface area (Å²) in [6.07, 6.45) is 0.907. The van der Waals surface area contributed by atoms with Crippen LogP contribution in [0.25, 0.3) is 0 Å². The zero-order chi connectivity index (χ0) is 15.1. The van der Waals surface area contributed by atoms with Crippen LogP contribution in [0.4, 0.5) is 0 Å². The molecular formula is C15H21NO5. The second-order valence-electron chi connectivity index (χ2n) is 4.90. The van der Waals surface area contributed by atoms with E-state index in [0.717, 1.165) is 24.0 Å². The van der Waals surface area contributed by atoms with Gasteiger partial charge in [-0.15, -0.1) is 0 Å². The first-order valence-electron chi connectivity index (χ1n) is 6.96. The van der Waals surface area contributed by atoms with Gasteiger partial charge < -0.3 is 24.5 Å². The lowest BCUT2D eigenvalue weighted by molar-refractivity contribution is -0.00420. The number of benzene rings is 1. The van der Waals surface area contributed by atoms with Crippen molar-refractivity contribution in [3.63, 3.8) is 0 Å². The van der Waals surface area contributed by atoms with E-state index in [-0.39, 0.29) is 13.2 Å². The van der Waals surface area contributed by atoms with Crippen LogP contribution in [-0.4, -0.2) is 55.7 Å². The molecule has 21 heavy (non-hydrogen) atoms. The van der Waals surface area contributed by atoms with Crippen molar-refractivity contribution in [1.29, 1.82) is 0 Å². The predicted molar refractivity (Wildman–Crippen MR) is 77.3 cm³/mol. The van der Waals surface area contributed by atoms with Gasteiger partial charge in [0.05, 0.1) is 25.5 Å². The Hall–Kier alpha value is -1.63. The molecule has 6 heteroatoms.